The summed E-state index contributed by atoms with van der Waals surface area (Å²) < 4.78 is 42.9. The minimum Gasteiger partial charge on any atom is -0.494 e. The second-order valence-corrected chi connectivity index (χ2v) is 10.5. The average Bonchev–Trinajstić information content (AvgIpc) is 3.63. The van der Waals surface area contributed by atoms with Gasteiger partial charge in [-0.1, -0.05) is 0 Å². The topological polar surface area (TPSA) is 116 Å². The molecule has 1 unspecified atom stereocenters. The van der Waals surface area contributed by atoms with E-state index in [2.05, 4.69) is 20.6 Å². The zero-order valence-electron chi connectivity index (χ0n) is 23.4. The van der Waals surface area contributed by atoms with Crippen LogP contribution in [0.4, 0.5) is 20.3 Å². The first-order chi connectivity index (χ1) is 20.4. The van der Waals surface area contributed by atoms with E-state index in [1.807, 2.05) is 6.92 Å². The number of aromatic nitrogens is 5. The second kappa shape index (κ2) is 11.7. The predicted octanol–water partition coefficient (Wildman–Crippen LogP) is 5.05. The number of nitrogens with one attached hydrogen (secondary N) is 2. The molecule has 42 heavy (non-hydrogen) atoms. The van der Waals surface area contributed by atoms with Gasteiger partial charge in [-0.05, 0) is 45.2 Å². The van der Waals surface area contributed by atoms with E-state index in [-0.39, 0.29) is 42.3 Å². The molecule has 4 heterocycles. The first kappa shape index (κ1) is 27.6. The first-order valence-corrected chi connectivity index (χ1v) is 14.0. The van der Waals surface area contributed by atoms with Gasteiger partial charge >= 0.3 is 0 Å². The largest absolute Gasteiger partial charge is 0.494 e. The van der Waals surface area contributed by atoms with Crippen molar-refractivity contribution in [1.29, 1.82) is 0 Å². The van der Waals surface area contributed by atoms with Crippen LogP contribution in [0, 0.1) is 18.6 Å². The normalized spacial score (nSPS) is 16.4. The van der Waals surface area contributed by atoms with Crippen LogP contribution in [-0.4, -0.2) is 49.9 Å². The Hall–Kier alpha value is -4.61. The molecule has 10 nitrogen and oxygen atoms in total. The Kier molecular flexibility index (Phi) is 7.68. The molecule has 2 fully saturated rings. The van der Waals surface area contributed by atoms with Crippen molar-refractivity contribution in [2.75, 3.05) is 18.5 Å². The number of carbonyl (C=O) groups excluding carboxylic acids is 1. The summed E-state index contributed by atoms with van der Waals surface area (Å²) in [7, 11) is 0. The van der Waals surface area contributed by atoms with Gasteiger partial charge in [0, 0.05) is 59.4 Å². The van der Waals surface area contributed by atoms with Gasteiger partial charge in [0.15, 0.2) is 17.4 Å². The SMILES string of the molecule is CCOc1cc(F)c(Cn2nc(-c3ncc(OCC4CCC(=O)N4)c(Nc4ccncc4)n3)c(C)c2C2CC2)c(F)c1. The van der Waals surface area contributed by atoms with Crippen molar-refractivity contribution in [1.82, 2.24) is 30.0 Å². The number of rotatable bonds is 11. The molecule has 1 saturated heterocycles. The minimum absolute atomic E-state index is 0.00728. The van der Waals surface area contributed by atoms with Crippen molar-refractivity contribution in [3.8, 4) is 23.0 Å². The lowest BCUT2D eigenvalue weighted by molar-refractivity contribution is -0.119. The molecule has 2 aliphatic rings. The van der Waals surface area contributed by atoms with Gasteiger partial charge in [-0.15, -0.1) is 0 Å². The number of anilines is 2. The predicted molar refractivity (Wildman–Crippen MR) is 151 cm³/mol. The third-order valence-corrected chi connectivity index (χ3v) is 7.37. The molecule has 2 N–H and O–H groups in total. The summed E-state index contributed by atoms with van der Waals surface area (Å²) in [4.78, 5) is 25.0. The molecule has 1 saturated carbocycles. The molecule has 1 aliphatic heterocycles. The Morgan fingerprint density at radius 1 is 1.12 bits per heavy atom. The van der Waals surface area contributed by atoms with Crippen LogP contribution in [0.25, 0.3) is 11.5 Å². The lowest BCUT2D eigenvalue weighted by Crippen LogP contribution is -2.31. The number of hydrogen-bond donors (Lipinski definition) is 2. The Balaban J connectivity index is 1.34. The molecule has 218 valence electrons. The van der Waals surface area contributed by atoms with E-state index < -0.39 is 11.6 Å². The summed E-state index contributed by atoms with van der Waals surface area (Å²) in [5, 5.41) is 10.9. The summed E-state index contributed by atoms with van der Waals surface area (Å²) in [5.41, 5.74) is 2.97. The highest BCUT2D eigenvalue weighted by molar-refractivity contribution is 5.78. The van der Waals surface area contributed by atoms with Crippen LogP contribution in [0.5, 0.6) is 11.5 Å². The van der Waals surface area contributed by atoms with Crippen LogP contribution in [0.1, 0.15) is 55.3 Å². The Morgan fingerprint density at radius 3 is 2.55 bits per heavy atom. The monoisotopic (exact) mass is 575 g/mol. The molecule has 6 rings (SSSR count). The molecule has 3 aromatic heterocycles. The third kappa shape index (κ3) is 5.88. The summed E-state index contributed by atoms with van der Waals surface area (Å²) in [6, 6.07) is 5.91. The third-order valence-electron chi connectivity index (χ3n) is 7.37. The molecule has 1 aromatic carbocycles. The molecule has 0 radical (unpaired) electrons. The van der Waals surface area contributed by atoms with Crippen LogP contribution < -0.4 is 20.1 Å². The summed E-state index contributed by atoms with van der Waals surface area (Å²) in [5.74, 6) is 0.211. The molecular formula is C30H31F2N7O3. The molecule has 0 spiro atoms. The van der Waals surface area contributed by atoms with Gasteiger partial charge in [-0.2, -0.15) is 5.10 Å². The van der Waals surface area contributed by atoms with Crippen molar-refractivity contribution < 1.29 is 23.0 Å². The van der Waals surface area contributed by atoms with Gasteiger partial charge in [0.25, 0.3) is 0 Å². The Bertz CT molecular complexity index is 1590. The maximum absolute atomic E-state index is 15.0. The van der Waals surface area contributed by atoms with Gasteiger partial charge in [0.1, 0.15) is 29.7 Å². The fourth-order valence-corrected chi connectivity index (χ4v) is 5.15. The van der Waals surface area contributed by atoms with Crippen LogP contribution >= 0.6 is 0 Å². The highest BCUT2D eigenvalue weighted by atomic mass is 19.1. The zero-order chi connectivity index (χ0) is 29.2. The molecule has 1 aliphatic carbocycles. The fraction of sp³-hybridized carbons (Fsp3) is 0.367. The van der Waals surface area contributed by atoms with Gasteiger partial charge in [-0.3, -0.25) is 14.5 Å². The average molecular weight is 576 g/mol. The first-order valence-electron chi connectivity index (χ1n) is 14.0. The standard InChI is InChI=1S/C30H31F2N7O3/c1-3-41-21-12-23(31)22(24(32)13-21)15-39-28(18-4-5-18)17(2)27(38-39)30-34-14-25(42-16-20-6-7-26(40)35-20)29(37-30)36-19-8-10-33-11-9-19/h8-14,18,20H,3-7,15-16H2,1-2H3,(H,35,40)(H,33,34,36,37). The van der Waals surface area contributed by atoms with Crippen molar-refractivity contribution in [2.24, 2.45) is 0 Å². The van der Waals surface area contributed by atoms with Crippen LogP contribution in [0.2, 0.25) is 0 Å². The van der Waals surface area contributed by atoms with Crippen LogP contribution in [0.15, 0.2) is 42.9 Å². The number of carbonyl (C=O) groups is 1. The Morgan fingerprint density at radius 2 is 1.88 bits per heavy atom. The fourth-order valence-electron chi connectivity index (χ4n) is 5.15. The van der Waals surface area contributed by atoms with Crippen LogP contribution in [0.3, 0.4) is 0 Å². The van der Waals surface area contributed by atoms with E-state index >= 15 is 0 Å². The van der Waals surface area contributed by atoms with E-state index in [9.17, 15) is 13.6 Å². The van der Waals surface area contributed by atoms with Gasteiger partial charge in [0.05, 0.1) is 25.4 Å². The number of amides is 1. The van der Waals surface area contributed by atoms with Gasteiger partial charge in [0.2, 0.25) is 5.91 Å². The molecule has 0 bridgehead atoms. The minimum atomic E-state index is -0.685. The van der Waals surface area contributed by atoms with Crippen molar-refractivity contribution >= 4 is 17.4 Å². The highest BCUT2D eigenvalue weighted by Crippen LogP contribution is 2.44. The number of halogens is 2. The van der Waals surface area contributed by atoms with E-state index in [1.54, 1.807) is 42.3 Å². The highest BCUT2D eigenvalue weighted by Gasteiger charge is 2.33. The molecule has 1 atom stereocenters. The van der Waals surface area contributed by atoms with E-state index in [0.717, 1.165) is 29.8 Å². The van der Waals surface area contributed by atoms with Crippen molar-refractivity contribution in [3.05, 3.63) is 71.3 Å². The van der Waals surface area contributed by atoms with Crippen molar-refractivity contribution in [2.45, 2.75) is 58.0 Å². The molecule has 4 aromatic rings. The number of pyridine rings is 1. The number of benzene rings is 1. The van der Waals surface area contributed by atoms with E-state index in [1.165, 1.54) is 12.1 Å². The van der Waals surface area contributed by atoms with Crippen LogP contribution in [-0.2, 0) is 11.3 Å². The summed E-state index contributed by atoms with van der Waals surface area (Å²) in [6.45, 7) is 4.20. The summed E-state index contributed by atoms with van der Waals surface area (Å²) >= 11 is 0. The maximum atomic E-state index is 15.0. The van der Waals surface area contributed by atoms with E-state index in [4.69, 9.17) is 19.6 Å². The summed E-state index contributed by atoms with van der Waals surface area (Å²) in [6.07, 6.45) is 8.00. The molecular weight excluding hydrogens is 544 g/mol. The van der Waals surface area contributed by atoms with Gasteiger partial charge < -0.3 is 20.1 Å². The number of nitrogens with zero attached hydrogens (tertiary/aromatic N) is 5. The van der Waals surface area contributed by atoms with Crippen molar-refractivity contribution in [3.63, 3.8) is 0 Å². The lowest BCUT2D eigenvalue weighted by Gasteiger charge is -2.15. The number of ether oxygens (including phenoxy) is 2. The maximum Gasteiger partial charge on any atom is 0.220 e. The second-order valence-electron chi connectivity index (χ2n) is 10.5. The molecule has 1 amide bonds. The van der Waals surface area contributed by atoms with E-state index in [0.29, 0.717) is 42.5 Å². The quantitative estimate of drug-likeness (QED) is 0.255. The lowest BCUT2D eigenvalue weighted by atomic mass is 10.1. The van der Waals surface area contributed by atoms with Gasteiger partial charge in [-0.25, -0.2) is 18.7 Å². The smallest absolute Gasteiger partial charge is 0.220 e. The zero-order valence-corrected chi connectivity index (χ0v) is 23.4. The Labute approximate surface area is 241 Å². The number of hydrogen-bond acceptors (Lipinski definition) is 8. The molecule has 12 heteroatoms.